The zero-order valence-electron chi connectivity index (χ0n) is 19.1. The summed E-state index contributed by atoms with van der Waals surface area (Å²) in [5.74, 6) is 1.61. The van der Waals surface area contributed by atoms with Crippen LogP contribution in [0.15, 0.2) is 30.3 Å². The topological polar surface area (TPSA) is 56.3 Å². The van der Waals surface area contributed by atoms with E-state index in [0.717, 1.165) is 67.8 Å². The lowest BCUT2D eigenvalue weighted by Crippen LogP contribution is -2.34. The second-order valence-electron chi connectivity index (χ2n) is 8.62. The standard InChI is InChI=1S/C25H35N3O2.2ClH/c1-2-3-9-24-23(18-25(28-27-24)30-22-14-16-26-17-15-22)19-10-12-21(13-11-19)29-20-7-5-4-6-8-20;;/h10-13,18,20,22,26H,2-9,14-17H2,1H3;2*1H. The molecule has 2 heterocycles. The number of nitrogens with zero attached hydrogens (tertiary/aromatic N) is 2. The molecule has 0 unspecified atom stereocenters. The molecule has 0 atom stereocenters. The number of halogens is 2. The molecular formula is C25H37Cl2N3O2. The summed E-state index contributed by atoms with van der Waals surface area (Å²) in [6, 6.07) is 10.6. The molecule has 0 bridgehead atoms. The van der Waals surface area contributed by atoms with Crippen LogP contribution < -0.4 is 14.8 Å². The maximum atomic E-state index is 6.21. The van der Waals surface area contributed by atoms with Gasteiger partial charge in [0.1, 0.15) is 11.9 Å². The normalized spacial score (nSPS) is 17.2. The molecule has 1 aliphatic heterocycles. The molecule has 1 saturated heterocycles. The highest BCUT2D eigenvalue weighted by Crippen LogP contribution is 2.30. The molecule has 1 N–H and O–H groups in total. The van der Waals surface area contributed by atoms with Crippen LogP contribution >= 0.6 is 24.8 Å². The van der Waals surface area contributed by atoms with Crippen molar-refractivity contribution < 1.29 is 9.47 Å². The fourth-order valence-corrected chi connectivity index (χ4v) is 4.41. The van der Waals surface area contributed by atoms with Crippen molar-refractivity contribution >= 4 is 24.8 Å². The lowest BCUT2D eigenvalue weighted by Gasteiger charge is -2.23. The summed E-state index contributed by atoms with van der Waals surface area (Å²) in [6.45, 7) is 4.21. The number of piperidine rings is 1. The number of hydrogen-bond donors (Lipinski definition) is 1. The first-order valence-corrected chi connectivity index (χ1v) is 11.8. The average molecular weight is 482 g/mol. The van der Waals surface area contributed by atoms with Crippen LogP contribution in [0.25, 0.3) is 11.1 Å². The molecule has 7 heteroatoms. The first-order valence-electron chi connectivity index (χ1n) is 11.8. The highest BCUT2D eigenvalue weighted by atomic mass is 35.5. The minimum atomic E-state index is 0. The van der Waals surface area contributed by atoms with Gasteiger partial charge in [0.2, 0.25) is 5.88 Å². The van der Waals surface area contributed by atoms with Gasteiger partial charge in [-0.1, -0.05) is 31.9 Å². The maximum Gasteiger partial charge on any atom is 0.234 e. The number of benzene rings is 1. The molecule has 0 radical (unpaired) electrons. The van der Waals surface area contributed by atoms with Crippen molar-refractivity contribution in [3.8, 4) is 22.8 Å². The second kappa shape index (κ2) is 13.9. The number of hydrogen-bond acceptors (Lipinski definition) is 5. The van der Waals surface area contributed by atoms with Gasteiger partial charge in [-0.3, -0.25) is 0 Å². The van der Waals surface area contributed by atoms with E-state index in [1.54, 1.807) is 0 Å². The Balaban J connectivity index is 0.00000181. The monoisotopic (exact) mass is 481 g/mol. The minimum absolute atomic E-state index is 0. The molecule has 5 nitrogen and oxygen atoms in total. The summed E-state index contributed by atoms with van der Waals surface area (Å²) in [5.41, 5.74) is 3.34. The van der Waals surface area contributed by atoms with Crippen molar-refractivity contribution in [2.75, 3.05) is 13.1 Å². The van der Waals surface area contributed by atoms with Gasteiger partial charge in [-0.05, 0) is 82.2 Å². The Hall–Kier alpha value is -1.56. The van der Waals surface area contributed by atoms with Gasteiger partial charge in [-0.25, -0.2) is 0 Å². The fourth-order valence-electron chi connectivity index (χ4n) is 4.41. The van der Waals surface area contributed by atoms with E-state index < -0.39 is 0 Å². The Morgan fingerprint density at radius 1 is 0.875 bits per heavy atom. The van der Waals surface area contributed by atoms with Crippen LogP contribution in [-0.2, 0) is 6.42 Å². The molecule has 1 aromatic heterocycles. The Morgan fingerprint density at radius 3 is 2.25 bits per heavy atom. The molecule has 178 valence electrons. The van der Waals surface area contributed by atoms with Crippen LogP contribution in [0.2, 0.25) is 0 Å². The van der Waals surface area contributed by atoms with Crippen LogP contribution in [-0.4, -0.2) is 35.5 Å². The van der Waals surface area contributed by atoms with Gasteiger partial charge in [0.25, 0.3) is 0 Å². The Morgan fingerprint density at radius 2 is 1.56 bits per heavy atom. The van der Waals surface area contributed by atoms with E-state index in [1.807, 2.05) is 0 Å². The second-order valence-corrected chi connectivity index (χ2v) is 8.62. The van der Waals surface area contributed by atoms with Crippen LogP contribution in [0.3, 0.4) is 0 Å². The fraction of sp³-hybridized carbons (Fsp3) is 0.600. The number of aromatic nitrogens is 2. The maximum absolute atomic E-state index is 6.21. The molecule has 0 spiro atoms. The Bertz CT molecular complexity index is 792. The van der Waals surface area contributed by atoms with Gasteiger partial charge in [-0.2, -0.15) is 5.10 Å². The van der Waals surface area contributed by atoms with Crippen LogP contribution in [0, 0.1) is 0 Å². The zero-order chi connectivity index (χ0) is 20.6. The highest BCUT2D eigenvalue weighted by molar-refractivity contribution is 5.85. The zero-order valence-corrected chi connectivity index (χ0v) is 20.7. The minimum Gasteiger partial charge on any atom is -0.490 e. The molecule has 4 rings (SSSR count). The van der Waals surface area contributed by atoms with Crippen molar-refractivity contribution in [3.63, 3.8) is 0 Å². The first-order chi connectivity index (χ1) is 14.8. The third-order valence-electron chi connectivity index (χ3n) is 6.21. The molecule has 0 amide bonds. The van der Waals surface area contributed by atoms with E-state index in [0.29, 0.717) is 12.0 Å². The average Bonchev–Trinajstić information content (AvgIpc) is 2.80. The number of rotatable bonds is 8. The lowest BCUT2D eigenvalue weighted by atomic mass is 9.97. The molecule has 1 saturated carbocycles. The first kappa shape index (κ1) is 26.7. The van der Waals surface area contributed by atoms with Crippen LogP contribution in [0.1, 0.15) is 70.4 Å². The number of nitrogens with one attached hydrogen (secondary N) is 1. The smallest absolute Gasteiger partial charge is 0.234 e. The Labute approximate surface area is 204 Å². The quantitative estimate of drug-likeness (QED) is 0.488. The van der Waals surface area contributed by atoms with Gasteiger partial charge in [0.15, 0.2) is 0 Å². The van der Waals surface area contributed by atoms with E-state index >= 15 is 0 Å². The van der Waals surface area contributed by atoms with Crippen LogP contribution in [0.4, 0.5) is 0 Å². The number of unbranched alkanes of at least 4 members (excludes halogenated alkanes) is 1. The van der Waals surface area contributed by atoms with Crippen molar-refractivity contribution in [2.45, 2.75) is 83.3 Å². The van der Waals surface area contributed by atoms with Gasteiger partial charge in [0.05, 0.1) is 11.8 Å². The van der Waals surface area contributed by atoms with Crippen molar-refractivity contribution in [1.82, 2.24) is 15.5 Å². The van der Waals surface area contributed by atoms with Gasteiger partial charge in [-0.15, -0.1) is 29.9 Å². The molecule has 1 aliphatic carbocycles. The summed E-state index contributed by atoms with van der Waals surface area (Å²) >= 11 is 0. The van der Waals surface area contributed by atoms with Crippen molar-refractivity contribution in [1.29, 1.82) is 0 Å². The largest absolute Gasteiger partial charge is 0.490 e. The van der Waals surface area contributed by atoms with Crippen molar-refractivity contribution in [3.05, 3.63) is 36.0 Å². The number of ether oxygens (including phenoxy) is 2. The van der Waals surface area contributed by atoms with Gasteiger partial charge in [0, 0.05) is 11.6 Å². The number of aryl methyl sites for hydroxylation is 1. The molecule has 2 fully saturated rings. The highest BCUT2D eigenvalue weighted by Gasteiger charge is 2.18. The SMILES string of the molecule is CCCCc1nnc(OC2CCNCC2)cc1-c1ccc(OC2CCCCC2)cc1.Cl.Cl. The molecule has 2 aliphatic rings. The van der Waals surface area contributed by atoms with Crippen molar-refractivity contribution in [2.24, 2.45) is 0 Å². The van der Waals surface area contributed by atoms with Gasteiger partial charge >= 0.3 is 0 Å². The lowest BCUT2D eigenvalue weighted by molar-refractivity contribution is 0.154. The summed E-state index contributed by atoms with van der Waals surface area (Å²) < 4.78 is 12.4. The summed E-state index contributed by atoms with van der Waals surface area (Å²) in [5, 5.41) is 12.3. The molecule has 1 aromatic carbocycles. The van der Waals surface area contributed by atoms with E-state index in [-0.39, 0.29) is 30.9 Å². The molecule has 32 heavy (non-hydrogen) atoms. The summed E-state index contributed by atoms with van der Waals surface area (Å²) in [7, 11) is 0. The summed E-state index contributed by atoms with van der Waals surface area (Å²) in [6.07, 6.45) is 12.1. The van der Waals surface area contributed by atoms with E-state index in [4.69, 9.17) is 9.47 Å². The van der Waals surface area contributed by atoms with Crippen LogP contribution in [0.5, 0.6) is 11.6 Å². The predicted molar refractivity (Wildman–Crippen MR) is 135 cm³/mol. The van der Waals surface area contributed by atoms with E-state index in [1.165, 1.54) is 32.1 Å². The van der Waals surface area contributed by atoms with E-state index in [9.17, 15) is 0 Å². The summed E-state index contributed by atoms with van der Waals surface area (Å²) in [4.78, 5) is 0. The van der Waals surface area contributed by atoms with Gasteiger partial charge < -0.3 is 14.8 Å². The molecular weight excluding hydrogens is 445 g/mol. The third-order valence-corrected chi connectivity index (χ3v) is 6.21. The Kier molecular flexibility index (Phi) is 11.6. The predicted octanol–water partition coefficient (Wildman–Crippen LogP) is 6.17. The van der Waals surface area contributed by atoms with E-state index in [2.05, 4.69) is 52.8 Å². The molecule has 2 aromatic rings. The third kappa shape index (κ3) is 7.50.